The van der Waals surface area contributed by atoms with E-state index >= 15 is 0 Å². The predicted octanol–water partition coefficient (Wildman–Crippen LogP) is 1.66. The van der Waals surface area contributed by atoms with Crippen LogP contribution in [-0.2, 0) is 21.2 Å². The van der Waals surface area contributed by atoms with E-state index in [4.69, 9.17) is 5.11 Å². The van der Waals surface area contributed by atoms with Gasteiger partial charge in [0.2, 0.25) is 0 Å². The summed E-state index contributed by atoms with van der Waals surface area (Å²) >= 11 is 3.14. The van der Waals surface area contributed by atoms with E-state index in [1.54, 1.807) is 17.0 Å². The normalized spacial score (nSPS) is 20.8. The molecule has 0 spiro atoms. The third kappa shape index (κ3) is 4.24. The minimum atomic E-state index is -3.11. The second-order valence-corrected chi connectivity index (χ2v) is 8.09. The van der Waals surface area contributed by atoms with Gasteiger partial charge in [-0.15, -0.1) is 0 Å². The van der Waals surface area contributed by atoms with Crippen molar-refractivity contribution in [2.24, 2.45) is 0 Å². The monoisotopic (exact) mass is 379 g/mol. The van der Waals surface area contributed by atoms with Gasteiger partial charge in [-0.1, -0.05) is 12.1 Å². The first-order valence-electron chi connectivity index (χ1n) is 6.37. The van der Waals surface area contributed by atoms with Crippen LogP contribution in [0.3, 0.4) is 0 Å². The van der Waals surface area contributed by atoms with Gasteiger partial charge in [0.15, 0.2) is 9.84 Å². The van der Waals surface area contributed by atoms with Crippen molar-refractivity contribution in [3.63, 3.8) is 0 Å². The number of hydrogen-bond acceptors (Lipinski definition) is 4. The third-order valence-corrected chi connectivity index (χ3v) is 6.11. The molecule has 8 heteroatoms. The molecule has 0 amide bonds. The second-order valence-electron chi connectivity index (χ2n) is 5.07. The molecule has 1 aromatic carbocycles. The number of sulfone groups is 1. The van der Waals surface area contributed by atoms with Crippen LogP contribution in [0.4, 0.5) is 4.39 Å². The molecule has 1 saturated heterocycles. The maximum Gasteiger partial charge on any atom is 0.317 e. The van der Waals surface area contributed by atoms with E-state index in [0.29, 0.717) is 12.0 Å². The lowest BCUT2D eigenvalue weighted by Gasteiger charge is -2.26. The van der Waals surface area contributed by atoms with Crippen LogP contribution in [0, 0.1) is 5.82 Å². The van der Waals surface area contributed by atoms with Crippen LogP contribution in [0.1, 0.15) is 12.0 Å². The van der Waals surface area contributed by atoms with Gasteiger partial charge in [-0.05, 0) is 34.0 Å². The van der Waals surface area contributed by atoms with Gasteiger partial charge in [-0.3, -0.25) is 9.69 Å². The van der Waals surface area contributed by atoms with E-state index in [0.717, 1.165) is 0 Å². The van der Waals surface area contributed by atoms with E-state index in [1.807, 2.05) is 0 Å². The largest absolute Gasteiger partial charge is 0.480 e. The van der Waals surface area contributed by atoms with Crippen molar-refractivity contribution in [2.75, 3.05) is 18.1 Å². The summed E-state index contributed by atoms with van der Waals surface area (Å²) in [5.74, 6) is -1.45. The number of carbonyl (C=O) groups is 1. The van der Waals surface area contributed by atoms with Crippen molar-refractivity contribution in [1.29, 1.82) is 0 Å². The predicted molar refractivity (Wildman–Crippen MR) is 79.2 cm³/mol. The van der Waals surface area contributed by atoms with Crippen LogP contribution in [-0.4, -0.2) is 48.5 Å². The number of nitrogens with zero attached hydrogens (tertiary/aromatic N) is 1. The standard InChI is InChI=1S/C13H15BrFNO4S/c14-13-9(2-1-3-11(13)15)6-16(7-12(17)18)10-4-5-21(19,20)8-10/h1-3,10H,4-8H2,(H,17,18). The van der Waals surface area contributed by atoms with Gasteiger partial charge in [-0.2, -0.15) is 0 Å². The average Bonchev–Trinajstić information content (AvgIpc) is 2.74. The SMILES string of the molecule is O=C(O)CN(Cc1cccc(F)c1Br)C1CCS(=O)(=O)C1. The molecule has 0 aliphatic carbocycles. The second kappa shape index (κ2) is 6.41. The molecule has 0 radical (unpaired) electrons. The summed E-state index contributed by atoms with van der Waals surface area (Å²) in [5.41, 5.74) is 0.598. The van der Waals surface area contributed by atoms with E-state index in [2.05, 4.69) is 15.9 Å². The molecule has 1 heterocycles. The van der Waals surface area contributed by atoms with Crippen LogP contribution in [0.2, 0.25) is 0 Å². The number of hydrogen-bond donors (Lipinski definition) is 1. The lowest BCUT2D eigenvalue weighted by Crippen LogP contribution is -2.39. The van der Waals surface area contributed by atoms with Crippen LogP contribution in [0.5, 0.6) is 0 Å². The van der Waals surface area contributed by atoms with Crippen molar-refractivity contribution >= 4 is 31.7 Å². The first-order valence-corrected chi connectivity index (χ1v) is 8.99. The molecule has 1 aliphatic heterocycles. The van der Waals surface area contributed by atoms with E-state index in [1.165, 1.54) is 6.07 Å². The first-order chi connectivity index (χ1) is 9.78. The van der Waals surface area contributed by atoms with Crippen molar-refractivity contribution in [3.8, 4) is 0 Å². The zero-order chi connectivity index (χ0) is 15.6. The van der Waals surface area contributed by atoms with Crippen LogP contribution in [0.15, 0.2) is 22.7 Å². The Morgan fingerprint density at radius 3 is 2.76 bits per heavy atom. The highest BCUT2D eigenvalue weighted by Crippen LogP contribution is 2.25. The molecule has 116 valence electrons. The fourth-order valence-electron chi connectivity index (χ4n) is 2.44. The van der Waals surface area contributed by atoms with Crippen LogP contribution < -0.4 is 0 Å². The Bertz CT molecular complexity index is 650. The number of rotatable bonds is 5. The molecule has 0 saturated carbocycles. The maximum atomic E-state index is 13.5. The Balaban J connectivity index is 2.21. The molecule has 1 aromatic rings. The van der Waals surface area contributed by atoms with Gasteiger partial charge in [-0.25, -0.2) is 12.8 Å². The molecule has 0 aromatic heterocycles. The quantitative estimate of drug-likeness (QED) is 0.841. The number of aliphatic carboxylic acids is 1. The molecule has 0 bridgehead atoms. The minimum absolute atomic E-state index is 0.0484. The fraction of sp³-hybridized carbons (Fsp3) is 0.462. The van der Waals surface area contributed by atoms with Gasteiger partial charge in [0, 0.05) is 12.6 Å². The van der Waals surface area contributed by atoms with Crippen LogP contribution >= 0.6 is 15.9 Å². The molecule has 1 unspecified atom stereocenters. The Morgan fingerprint density at radius 2 is 2.19 bits per heavy atom. The van der Waals surface area contributed by atoms with E-state index in [9.17, 15) is 17.6 Å². The molecule has 1 aliphatic rings. The number of carboxylic acids is 1. The van der Waals surface area contributed by atoms with Gasteiger partial charge in [0.1, 0.15) is 5.82 Å². The van der Waals surface area contributed by atoms with Gasteiger partial charge < -0.3 is 5.11 Å². The lowest BCUT2D eigenvalue weighted by atomic mass is 10.1. The number of benzene rings is 1. The highest BCUT2D eigenvalue weighted by Gasteiger charge is 2.33. The highest BCUT2D eigenvalue weighted by atomic mass is 79.9. The molecular formula is C13H15BrFNO4S. The first kappa shape index (κ1) is 16.4. The molecule has 21 heavy (non-hydrogen) atoms. The third-order valence-electron chi connectivity index (χ3n) is 3.47. The summed E-state index contributed by atoms with van der Waals surface area (Å²) < 4.78 is 36.9. The Kier molecular flexibility index (Phi) is 5.00. The Hall–Kier alpha value is -0.990. The summed E-state index contributed by atoms with van der Waals surface area (Å²) in [7, 11) is -3.11. The van der Waals surface area contributed by atoms with Crippen molar-refractivity contribution < 1.29 is 22.7 Å². The van der Waals surface area contributed by atoms with E-state index in [-0.39, 0.29) is 35.1 Å². The van der Waals surface area contributed by atoms with Crippen molar-refractivity contribution in [1.82, 2.24) is 4.90 Å². The summed E-state index contributed by atoms with van der Waals surface area (Å²) in [6, 6.07) is 4.18. The molecule has 1 N–H and O–H groups in total. The van der Waals surface area contributed by atoms with Crippen LogP contribution in [0.25, 0.3) is 0 Å². The van der Waals surface area contributed by atoms with Gasteiger partial charge in [0.05, 0.1) is 22.5 Å². The molecule has 2 rings (SSSR count). The number of carboxylic acid groups (broad SMARTS) is 1. The summed E-state index contributed by atoms with van der Waals surface area (Å²) in [6.45, 7) is -0.0893. The van der Waals surface area contributed by atoms with E-state index < -0.39 is 21.6 Å². The Labute approximate surface area is 130 Å². The molecule has 1 fully saturated rings. The van der Waals surface area contributed by atoms with Gasteiger partial charge in [0.25, 0.3) is 0 Å². The lowest BCUT2D eigenvalue weighted by molar-refractivity contribution is -0.139. The zero-order valence-corrected chi connectivity index (χ0v) is 13.5. The van der Waals surface area contributed by atoms with Crippen molar-refractivity contribution in [2.45, 2.75) is 19.0 Å². The fourth-order valence-corrected chi connectivity index (χ4v) is 4.59. The molecule has 1 atom stereocenters. The summed E-state index contributed by atoms with van der Waals surface area (Å²) in [4.78, 5) is 12.6. The highest BCUT2D eigenvalue weighted by molar-refractivity contribution is 9.10. The molecular weight excluding hydrogens is 365 g/mol. The average molecular weight is 380 g/mol. The smallest absolute Gasteiger partial charge is 0.317 e. The molecule has 5 nitrogen and oxygen atoms in total. The minimum Gasteiger partial charge on any atom is -0.480 e. The number of halogens is 2. The maximum absolute atomic E-state index is 13.5. The summed E-state index contributed by atoms with van der Waals surface area (Å²) in [5, 5.41) is 9.00. The topological polar surface area (TPSA) is 74.7 Å². The summed E-state index contributed by atoms with van der Waals surface area (Å²) in [6.07, 6.45) is 0.405. The van der Waals surface area contributed by atoms with Crippen molar-refractivity contribution in [3.05, 3.63) is 34.1 Å². The Morgan fingerprint density at radius 1 is 1.48 bits per heavy atom. The zero-order valence-electron chi connectivity index (χ0n) is 11.1. The van der Waals surface area contributed by atoms with Gasteiger partial charge >= 0.3 is 5.97 Å².